The SMILES string of the molecule is O=C1CC(COc2ccccc2)CN1c1cccc(C(F)(F)F)c1. The van der Waals surface area contributed by atoms with Crippen LogP contribution in [-0.2, 0) is 11.0 Å². The molecule has 0 bridgehead atoms. The van der Waals surface area contributed by atoms with Gasteiger partial charge in [0.15, 0.2) is 0 Å². The fraction of sp³-hybridized carbons (Fsp3) is 0.278. The lowest BCUT2D eigenvalue weighted by molar-refractivity contribution is -0.137. The average Bonchev–Trinajstić information content (AvgIpc) is 2.94. The third-order valence-electron chi connectivity index (χ3n) is 3.92. The van der Waals surface area contributed by atoms with Crippen molar-refractivity contribution in [2.24, 2.45) is 5.92 Å². The first-order valence-electron chi connectivity index (χ1n) is 7.59. The molecule has 3 rings (SSSR count). The average molecular weight is 335 g/mol. The monoisotopic (exact) mass is 335 g/mol. The van der Waals surface area contributed by atoms with Gasteiger partial charge in [0.1, 0.15) is 5.75 Å². The van der Waals surface area contributed by atoms with Crippen molar-refractivity contribution in [2.75, 3.05) is 18.1 Å². The Morgan fingerprint density at radius 2 is 1.83 bits per heavy atom. The predicted octanol–water partition coefficient (Wildman–Crippen LogP) is 4.14. The number of hydrogen-bond acceptors (Lipinski definition) is 2. The maximum absolute atomic E-state index is 12.8. The number of alkyl halides is 3. The van der Waals surface area contributed by atoms with E-state index >= 15 is 0 Å². The Balaban J connectivity index is 1.67. The van der Waals surface area contributed by atoms with Crippen LogP contribution in [0.5, 0.6) is 5.75 Å². The number of carbonyl (C=O) groups excluding carboxylic acids is 1. The molecular weight excluding hydrogens is 319 g/mol. The van der Waals surface area contributed by atoms with E-state index in [4.69, 9.17) is 4.74 Å². The summed E-state index contributed by atoms with van der Waals surface area (Å²) in [6, 6.07) is 14.1. The van der Waals surface area contributed by atoms with E-state index in [1.165, 1.54) is 17.0 Å². The summed E-state index contributed by atoms with van der Waals surface area (Å²) in [4.78, 5) is 13.5. The number of benzene rings is 2. The van der Waals surface area contributed by atoms with Crippen LogP contribution in [0.2, 0.25) is 0 Å². The molecule has 126 valence electrons. The van der Waals surface area contributed by atoms with Gasteiger partial charge in [0.2, 0.25) is 5.91 Å². The molecule has 1 fully saturated rings. The van der Waals surface area contributed by atoms with Crippen molar-refractivity contribution in [1.82, 2.24) is 0 Å². The Bertz CT molecular complexity index is 716. The molecule has 0 N–H and O–H groups in total. The number of hydrogen-bond donors (Lipinski definition) is 0. The van der Waals surface area contributed by atoms with Gasteiger partial charge in [-0.1, -0.05) is 24.3 Å². The summed E-state index contributed by atoms with van der Waals surface area (Å²) in [6.07, 6.45) is -4.16. The molecule has 0 radical (unpaired) electrons. The highest BCUT2D eigenvalue weighted by Gasteiger charge is 2.34. The molecule has 1 aliphatic rings. The first-order valence-corrected chi connectivity index (χ1v) is 7.59. The van der Waals surface area contributed by atoms with Crippen molar-refractivity contribution >= 4 is 11.6 Å². The highest BCUT2D eigenvalue weighted by molar-refractivity contribution is 5.95. The third-order valence-corrected chi connectivity index (χ3v) is 3.92. The molecule has 0 aliphatic carbocycles. The Morgan fingerprint density at radius 3 is 2.54 bits per heavy atom. The Kier molecular flexibility index (Phi) is 4.46. The molecule has 24 heavy (non-hydrogen) atoms. The first kappa shape index (κ1) is 16.4. The van der Waals surface area contributed by atoms with Crippen LogP contribution in [0, 0.1) is 5.92 Å². The third kappa shape index (κ3) is 3.69. The van der Waals surface area contributed by atoms with Gasteiger partial charge < -0.3 is 9.64 Å². The molecule has 0 spiro atoms. The number of carbonyl (C=O) groups is 1. The quantitative estimate of drug-likeness (QED) is 0.840. The van der Waals surface area contributed by atoms with Crippen molar-refractivity contribution < 1.29 is 22.7 Å². The van der Waals surface area contributed by atoms with Crippen LogP contribution in [0.4, 0.5) is 18.9 Å². The van der Waals surface area contributed by atoms with E-state index in [0.717, 1.165) is 12.1 Å². The van der Waals surface area contributed by atoms with E-state index in [1.54, 1.807) is 0 Å². The van der Waals surface area contributed by atoms with E-state index in [9.17, 15) is 18.0 Å². The molecule has 6 heteroatoms. The largest absolute Gasteiger partial charge is 0.493 e. The van der Waals surface area contributed by atoms with E-state index in [-0.39, 0.29) is 23.9 Å². The van der Waals surface area contributed by atoms with Crippen LogP contribution in [-0.4, -0.2) is 19.1 Å². The lowest BCUT2D eigenvalue weighted by atomic mass is 10.1. The van der Waals surface area contributed by atoms with Crippen molar-refractivity contribution in [3.63, 3.8) is 0 Å². The fourth-order valence-corrected chi connectivity index (χ4v) is 2.72. The standard InChI is InChI=1S/C18H16F3NO2/c19-18(20,21)14-5-4-6-15(10-14)22-11-13(9-17(22)23)12-24-16-7-2-1-3-8-16/h1-8,10,13H,9,11-12H2. The Hall–Kier alpha value is -2.50. The van der Waals surface area contributed by atoms with E-state index in [2.05, 4.69) is 0 Å². The van der Waals surface area contributed by atoms with Crippen molar-refractivity contribution in [2.45, 2.75) is 12.6 Å². The second-order valence-corrected chi connectivity index (χ2v) is 5.75. The minimum atomic E-state index is -4.42. The summed E-state index contributed by atoms with van der Waals surface area (Å²) in [7, 11) is 0. The van der Waals surface area contributed by atoms with Gasteiger partial charge in [0.05, 0.1) is 12.2 Å². The number of halogens is 3. The molecule has 1 amide bonds. The second-order valence-electron chi connectivity index (χ2n) is 5.75. The number of ether oxygens (including phenoxy) is 1. The summed E-state index contributed by atoms with van der Waals surface area (Å²) in [5, 5.41) is 0. The Labute approximate surface area is 137 Å². The number of amides is 1. The van der Waals surface area contributed by atoms with Crippen LogP contribution in [0.1, 0.15) is 12.0 Å². The molecule has 2 aromatic rings. The van der Waals surface area contributed by atoms with Crippen molar-refractivity contribution in [1.29, 1.82) is 0 Å². The van der Waals surface area contributed by atoms with Gasteiger partial charge in [-0.05, 0) is 30.3 Å². The second kappa shape index (κ2) is 6.55. The lowest BCUT2D eigenvalue weighted by Crippen LogP contribution is -2.25. The minimum absolute atomic E-state index is 0.0488. The van der Waals surface area contributed by atoms with E-state index in [0.29, 0.717) is 18.9 Å². The van der Waals surface area contributed by atoms with Gasteiger partial charge in [-0.2, -0.15) is 13.2 Å². The van der Waals surface area contributed by atoms with E-state index < -0.39 is 11.7 Å². The van der Waals surface area contributed by atoms with Crippen molar-refractivity contribution in [3.05, 3.63) is 60.2 Å². The zero-order chi connectivity index (χ0) is 17.2. The first-order chi connectivity index (χ1) is 11.4. The topological polar surface area (TPSA) is 29.5 Å². The number of rotatable bonds is 4. The molecule has 2 aromatic carbocycles. The highest BCUT2D eigenvalue weighted by atomic mass is 19.4. The Morgan fingerprint density at radius 1 is 1.08 bits per heavy atom. The molecule has 1 atom stereocenters. The minimum Gasteiger partial charge on any atom is -0.493 e. The molecule has 1 heterocycles. The number of para-hydroxylation sites is 1. The van der Waals surface area contributed by atoms with Crippen LogP contribution in [0.15, 0.2) is 54.6 Å². The predicted molar refractivity (Wildman–Crippen MR) is 83.8 cm³/mol. The maximum Gasteiger partial charge on any atom is 0.416 e. The van der Waals surface area contributed by atoms with Gasteiger partial charge >= 0.3 is 6.18 Å². The molecule has 0 saturated carbocycles. The van der Waals surface area contributed by atoms with Gasteiger partial charge in [-0.15, -0.1) is 0 Å². The smallest absolute Gasteiger partial charge is 0.416 e. The van der Waals surface area contributed by atoms with Gasteiger partial charge in [0, 0.05) is 24.6 Å². The van der Waals surface area contributed by atoms with Gasteiger partial charge in [0.25, 0.3) is 0 Å². The lowest BCUT2D eigenvalue weighted by Gasteiger charge is -2.18. The zero-order valence-corrected chi connectivity index (χ0v) is 12.8. The molecule has 3 nitrogen and oxygen atoms in total. The van der Waals surface area contributed by atoms with Crippen LogP contribution in [0.3, 0.4) is 0 Å². The highest BCUT2D eigenvalue weighted by Crippen LogP contribution is 2.33. The molecule has 1 saturated heterocycles. The summed E-state index contributed by atoms with van der Waals surface area (Å²) in [5.74, 6) is 0.478. The number of nitrogens with zero attached hydrogens (tertiary/aromatic N) is 1. The molecule has 0 aromatic heterocycles. The van der Waals surface area contributed by atoms with Gasteiger partial charge in [-0.25, -0.2) is 0 Å². The maximum atomic E-state index is 12.8. The molecule has 1 unspecified atom stereocenters. The fourth-order valence-electron chi connectivity index (χ4n) is 2.72. The molecular formula is C18H16F3NO2. The van der Waals surface area contributed by atoms with Crippen molar-refractivity contribution in [3.8, 4) is 5.75 Å². The normalized spacial score (nSPS) is 18.0. The number of anilines is 1. The summed E-state index contributed by atoms with van der Waals surface area (Å²) in [6.45, 7) is 0.707. The van der Waals surface area contributed by atoms with Crippen LogP contribution >= 0.6 is 0 Å². The van der Waals surface area contributed by atoms with Crippen LogP contribution < -0.4 is 9.64 Å². The summed E-state index contributed by atoms with van der Waals surface area (Å²) in [5.41, 5.74) is -0.478. The summed E-state index contributed by atoms with van der Waals surface area (Å²) < 4.78 is 44.1. The van der Waals surface area contributed by atoms with Crippen LogP contribution in [0.25, 0.3) is 0 Å². The summed E-state index contributed by atoms with van der Waals surface area (Å²) >= 11 is 0. The van der Waals surface area contributed by atoms with Gasteiger partial charge in [-0.3, -0.25) is 4.79 Å². The van der Waals surface area contributed by atoms with E-state index in [1.807, 2.05) is 30.3 Å². The zero-order valence-electron chi connectivity index (χ0n) is 12.8. The molecule has 1 aliphatic heterocycles.